The summed E-state index contributed by atoms with van der Waals surface area (Å²) in [6.07, 6.45) is 3.87. The van der Waals surface area contributed by atoms with Gasteiger partial charge >= 0.3 is 0 Å². The number of nitrogens with zero attached hydrogens (tertiary/aromatic N) is 1. The van der Waals surface area contributed by atoms with Gasteiger partial charge in [-0.3, -0.25) is 0 Å². The molecule has 0 aromatic heterocycles. The number of hydrogen-bond donors (Lipinski definition) is 0. The van der Waals surface area contributed by atoms with E-state index in [4.69, 9.17) is 0 Å². The van der Waals surface area contributed by atoms with Crippen molar-refractivity contribution < 1.29 is 0 Å². The van der Waals surface area contributed by atoms with Crippen LogP contribution in [0, 0.1) is 0 Å². The zero-order valence-corrected chi connectivity index (χ0v) is 8.56. The minimum absolute atomic E-state index is 0.819. The van der Waals surface area contributed by atoms with Crippen LogP contribution in [0.4, 0.5) is 0 Å². The lowest BCUT2D eigenvalue weighted by atomic mass is 10.1. The molecule has 0 saturated heterocycles. The number of hydrogen-bond acceptors (Lipinski definition) is 1. The minimum Gasteiger partial charge on any atom is -0.301 e. The Kier molecular flexibility index (Phi) is 6.63. The van der Waals surface area contributed by atoms with Crippen molar-refractivity contribution in [3.05, 3.63) is 0 Å². The molecule has 0 unspecified atom stereocenters. The predicted octanol–water partition coefficient (Wildman–Crippen LogP) is 2.91. The molecule has 0 aliphatic rings. The van der Waals surface area contributed by atoms with Gasteiger partial charge in [-0.15, -0.1) is 0 Å². The molecular formula is C10H23N. The molecule has 0 atom stereocenters. The second-order valence-corrected chi connectivity index (χ2v) is 3.10. The number of rotatable bonds is 6. The summed E-state index contributed by atoms with van der Waals surface area (Å²) in [4.78, 5) is 2.58. The molecule has 0 N–H and O–H groups in total. The standard InChI is InChI=1S/C10H23N/c1-5-9-11(8-4)10(6-2)7-3/h10H,5-9H2,1-4H3. The van der Waals surface area contributed by atoms with E-state index in [0.29, 0.717) is 0 Å². The fraction of sp³-hybridized carbons (Fsp3) is 1.00. The maximum atomic E-state index is 2.58. The van der Waals surface area contributed by atoms with Crippen molar-refractivity contribution in [3.8, 4) is 0 Å². The fourth-order valence-electron chi connectivity index (χ4n) is 1.69. The van der Waals surface area contributed by atoms with Crippen LogP contribution in [0.25, 0.3) is 0 Å². The summed E-state index contributed by atoms with van der Waals surface area (Å²) in [5.41, 5.74) is 0. The van der Waals surface area contributed by atoms with Gasteiger partial charge in [0, 0.05) is 6.04 Å². The highest BCUT2D eigenvalue weighted by molar-refractivity contribution is 4.66. The molecule has 0 aliphatic carbocycles. The first-order valence-electron chi connectivity index (χ1n) is 5.04. The molecule has 0 radical (unpaired) electrons. The Hall–Kier alpha value is -0.0400. The van der Waals surface area contributed by atoms with Crippen LogP contribution in [0.2, 0.25) is 0 Å². The van der Waals surface area contributed by atoms with E-state index in [0.717, 1.165) is 6.04 Å². The Labute approximate surface area is 71.8 Å². The fourth-order valence-corrected chi connectivity index (χ4v) is 1.69. The van der Waals surface area contributed by atoms with Gasteiger partial charge in [0.1, 0.15) is 0 Å². The van der Waals surface area contributed by atoms with E-state index in [-0.39, 0.29) is 0 Å². The van der Waals surface area contributed by atoms with Crippen LogP contribution in [0.5, 0.6) is 0 Å². The van der Waals surface area contributed by atoms with Crippen LogP contribution in [-0.2, 0) is 0 Å². The predicted molar refractivity (Wildman–Crippen MR) is 51.9 cm³/mol. The monoisotopic (exact) mass is 157 g/mol. The first kappa shape index (κ1) is 11.0. The molecule has 0 aromatic rings. The van der Waals surface area contributed by atoms with Crippen molar-refractivity contribution in [2.45, 2.75) is 53.0 Å². The highest BCUT2D eigenvalue weighted by Crippen LogP contribution is 2.07. The normalized spacial score (nSPS) is 11.5. The third-order valence-corrected chi connectivity index (χ3v) is 2.38. The zero-order chi connectivity index (χ0) is 8.69. The van der Waals surface area contributed by atoms with Gasteiger partial charge < -0.3 is 4.90 Å². The van der Waals surface area contributed by atoms with E-state index >= 15 is 0 Å². The Morgan fingerprint density at radius 1 is 1.00 bits per heavy atom. The lowest BCUT2D eigenvalue weighted by Gasteiger charge is -2.28. The summed E-state index contributed by atoms with van der Waals surface area (Å²) in [7, 11) is 0. The Morgan fingerprint density at radius 2 is 1.55 bits per heavy atom. The van der Waals surface area contributed by atoms with Gasteiger partial charge in [-0.25, -0.2) is 0 Å². The van der Waals surface area contributed by atoms with E-state index < -0.39 is 0 Å². The molecule has 0 heterocycles. The smallest absolute Gasteiger partial charge is 0.00898 e. The summed E-state index contributed by atoms with van der Waals surface area (Å²) in [5.74, 6) is 0. The molecule has 1 nitrogen and oxygen atoms in total. The summed E-state index contributed by atoms with van der Waals surface area (Å²) in [5, 5.41) is 0. The summed E-state index contributed by atoms with van der Waals surface area (Å²) in [6, 6.07) is 0.819. The summed E-state index contributed by atoms with van der Waals surface area (Å²) >= 11 is 0. The third kappa shape index (κ3) is 3.76. The van der Waals surface area contributed by atoms with Crippen LogP contribution in [-0.4, -0.2) is 24.0 Å². The molecule has 0 bridgehead atoms. The second-order valence-electron chi connectivity index (χ2n) is 3.10. The van der Waals surface area contributed by atoms with Crippen molar-refractivity contribution in [1.29, 1.82) is 0 Å². The Bertz CT molecular complexity index is 76.9. The molecule has 68 valence electrons. The molecule has 0 saturated carbocycles. The second kappa shape index (κ2) is 6.66. The van der Waals surface area contributed by atoms with E-state index in [2.05, 4.69) is 32.6 Å². The van der Waals surface area contributed by atoms with Crippen molar-refractivity contribution >= 4 is 0 Å². The molecule has 0 spiro atoms. The average molecular weight is 157 g/mol. The van der Waals surface area contributed by atoms with E-state index in [1.165, 1.54) is 32.4 Å². The molecule has 0 amide bonds. The summed E-state index contributed by atoms with van der Waals surface area (Å²) < 4.78 is 0. The molecule has 0 fully saturated rings. The maximum Gasteiger partial charge on any atom is 0.00898 e. The van der Waals surface area contributed by atoms with Gasteiger partial charge in [-0.1, -0.05) is 27.7 Å². The Morgan fingerprint density at radius 3 is 1.82 bits per heavy atom. The van der Waals surface area contributed by atoms with Crippen molar-refractivity contribution in [1.82, 2.24) is 4.90 Å². The first-order valence-corrected chi connectivity index (χ1v) is 5.04. The van der Waals surface area contributed by atoms with E-state index in [1.54, 1.807) is 0 Å². The van der Waals surface area contributed by atoms with Gasteiger partial charge in [0.25, 0.3) is 0 Å². The molecule has 11 heavy (non-hydrogen) atoms. The zero-order valence-electron chi connectivity index (χ0n) is 8.56. The molecule has 0 aromatic carbocycles. The first-order chi connectivity index (χ1) is 5.29. The largest absolute Gasteiger partial charge is 0.301 e. The van der Waals surface area contributed by atoms with Crippen LogP contribution < -0.4 is 0 Å². The molecular weight excluding hydrogens is 134 g/mol. The highest BCUT2D eigenvalue weighted by atomic mass is 15.1. The lowest BCUT2D eigenvalue weighted by molar-refractivity contribution is 0.196. The Balaban J connectivity index is 3.76. The van der Waals surface area contributed by atoms with Gasteiger partial charge in [0.15, 0.2) is 0 Å². The van der Waals surface area contributed by atoms with Crippen LogP contribution in [0.1, 0.15) is 47.0 Å². The average Bonchev–Trinajstić information content (AvgIpc) is 2.05. The quantitative estimate of drug-likeness (QED) is 0.573. The van der Waals surface area contributed by atoms with Gasteiger partial charge in [0.2, 0.25) is 0 Å². The van der Waals surface area contributed by atoms with E-state index in [9.17, 15) is 0 Å². The third-order valence-electron chi connectivity index (χ3n) is 2.38. The molecule has 0 rings (SSSR count). The molecule has 0 aliphatic heterocycles. The van der Waals surface area contributed by atoms with Gasteiger partial charge in [-0.2, -0.15) is 0 Å². The van der Waals surface area contributed by atoms with Crippen LogP contribution >= 0.6 is 0 Å². The topological polar surface area (TPSA) is 3.24 Å². The van der Waals surface area contributed by atoms with Crippen molar-refractivity contribution in [2.75, 3.05) is 13.1 Å². The van der Waals surface area contributed by atoms with Crippen LogP contribution in [0.3, 0.4) is 0 Å². The lowest BCUT2D eigenvalue weighted by Crippen LogP contribution is -2.34. The molecule has 1 heteroatoms. The maximum absolute atomic E-state index is 2.58. The van der Waals surface area contributed by atoms with Crippen molar-refractivity contribution in [2.24, 2.45) is 0 Å². The minimum atomic E-state index is 0.819. The van der Waals surface area contributed by atoms with Gasteiger partial charge in [0.05, 0.1) is 0 Å². The summed E-state index contributed by atoms with van der Waals surface area (Å²) in [6.45, 7) is 11.6. The van der Waals surface area contributed by atoms with Gasteiger partial charge in [-0.05, 0) is 32.4 Å². The highest BCUT2D eigenvalue weighted by Gasteiger charge is 2.10. The SMILES string of the molecule is CCCN(CC)C(CC)CC. The van der Waals surface area contributed by atoms with Crippen molar-refractivity contribution in [3.63, 3.8) is 0 Å². The van der Waals surface area contributed by atoms with E-state index in [1.807, 2.05) is 0 Å². The van der Waals surface area contributed by atoms with Crippen LogP contribution in [0.15, 0.2) is 0 Å².